The Morgan fingerprint density at radius 2 is 1.68 bits per heavy atom. The van der Waals surface area contributed by atoms with Gasteiger partial charge >= 0.3 is 5.97 Å². The molecule has 2 aromatic rings. The number of carboxylic acids is 1. The van der Waals surface area contributed by atoms with Crippen LogP contribution < -0.4 is 4.31 Å². The normalized spacial score (nSPS) is 17.8. The Kier molecular flexibility index (Phi) is 3.62. The lowest BCUT2D eigenvalue weighted by molar-refractivity contribution is -0.141. The smallest absolute Gasteiger partial charge is 0.308 e. The van der Waals surface area contributed by atoms with Crippen LogP contribution in [0.5, 0.6) is 0 Å². The lowest BCUT2D eigenvalue weighted by Crippen LogP contribution is -2.42. The summed E-state index contributed by atoms with van der Waals surface area (Å²) in [6.07, 6.45) is 0.340. The van der Waals surface area contributed by atoms with Crippen LogP contribution in [0.25, 0.3) is 0 Å². The van der Waals surface area contributed by atoms with Gasteiger partial charge in [0.2, 0.25) is 0 Å². The third-order valence-corrected chi connectivity index (χ3v) is 5.59. The van der Waals surface area contributed by atoms with Gasteiger partial charge in [-0.25, -0.2) is 8.42 Å². The minimum atomic E-state index is -3.77. The van der Waals surface area contributed by atoms with Crippen LogP contribution in [-0.2, 0) is 21.2 Å². The standard InChI is InChI=1S/C16H15NO4S/c18-16(19)13-10-12-6-4-5-9-15(12)17(11-13)22(20,21)14-7-2-1-3-8-14/h1-9,13H,10-11H2,(H,18,19). The molecule has 3 rings (SSSR count). The summed E-state index contributed by atoms with van der Waals surface area (Å²) in [5.74, 6) is -1.73. The van der Waals surface area contributed by atoms with Crippen LogP contribution in [0.1, 0.15) is 5.56 Å². The fourth-order valence-corrected chi connectivity index (χ4v) is 4.24. The van der Waals surface area contributed by atoms with Gasteiger partial charge in [0.05, 0.1) is 16.5 Å². The van der Waals surface area contributed by atoms with Crippen molar-refractivity contribution in [1.29, 1.82) is 0 Å². The highest BCUT2D eigenvalue weighted by Gasteiger charge is 2.35. The summed E-state index contributed by atoms with van der Waals surface area (Å²) < 4.78 is 26.9. The molecule has 2 aromatic carbocycles. The first-order valence-electron chi connectivity index (χ1n) is 6.88. The van der Waals surface area contributed by atoms with E-state index in [0.29, 0.717) is 12.1 Å². The maximum atomic E-state index is 12.9. The summed E-state index contributed by atoms with van der Waals surface area (Å²) in [4.78, 5) is 11.5. The van der Waals surface area contributed by atoms with Crippen molar-refractivity contribution in [3.05, 3.63) is 60.2 Å². The lowest BCUT2D eigenvalue weighted by Gasteiger charge is -2.33. The zero-order valence-electron chi connectivity index (χ0n) is 11.7. The third kappa shape index (κ3) is 2.46. The van der Waals surface area contributed by atoms with Crippen LogP contribution >= 0.6 is 0 Å². The van der Waals surface area contributed by atoms with Crippen molar-refractivity contribution in [2.45, 2.75) is 11.3 Å². The highest BCUT2D eigenvalue weighted by molar-refractivity contribution is 7.92. The van der Waals surface area contributed by atoms with Gasteiger partial charge in [-0.3, -0.25) is 9.10 Å². The van der Waals surface area contributed by atoms with Crippen LogP contribution in [0.3, 0.4) is 0 Å². The van der Waals surface area contributed by atoms with Crippen LogP contribution in [0.4, 0.5) is 5.69 Å². The molecule has 1 atom stereocenters. The van der Waals surface area contributed by atoms with E-state index in [1.807, 2.05) is 0 Å². The predicted molar refractivity (Wildman–Crippen MR) is 82.2 cm³/mol. The number of hydrogen-bond acceptors (Lipinski definition) is 3. The van der Waals surface area contributed by atoms with Crippen LogP contribution in [0.2, 0.25) is 0 Å². The number of hydrogen-bond donors (Lipinski definition) is 1. The summed E-state index contributed by atoms with van der Waals surface area (Å²) in [6, 6.07) is 15.1. The minimum absolute atomic E-state index is 0.0520. The second kappa shape index (κ2) is 5.46. The molecule has 0 fully saturated rings. The molecule has 0 saturated heterocycles. The second-order valence-corrected chi connectivity index (χ2v) is 7.08. The Bertz CT molecular complexity index is 802. The van der Waals surface area contributed by atoms with Gasteiger partial charge in [0.25, 0.3) is 10.0 Å². The number of carbonyl (C=O) groups is 1. The molecule has 0 bridgehead atoms. The van der Waals surface area contributed by atoms with E-state index in [0.717, 1.165) is 5.56 Å². The molecule has 1 aliphatic rings. The Morgan fingerprint density at radius 3 is 2.36 bits per heavy atom. The SMILES string of the molecule is O=C(O)C1Cc2ccccc2N(S(=O)(=O)c2ccccc2)C1. The van der Waals surface area contributed by atoms with Gasteiger partial charge in [-0.15, -0.1) is 0 Å². The third-order valence-electron chi connectivity index (χ3n) is 3.79. The van der Waals surface area contributed by atoms with E-state index in [1.54, 1.807) is 42.5 Å². The van der Waals surface area contributed by atoms with E-state index in [1.165, 1.54) is 16.4 Å². The van der Waals surface area contributed by atoms with Gasteiger partial charge in [-0.05, 0) is 30.2 Å². The summed E-state index contributed by atoms with van der Waals surface area (Å²) in [6.45, 7) is -0.0520. The monoisotopic (exact) mass is 317 g/mol. The zero-order valence-corrected chi connectivity index (χ0v) is 12.5. The van der Waals surface area contributed by atoms with Crippen LogP contribution in [0.15, 0.2) is 59.5 Å². The molecular weight excluding hydrogens is 302 g/mol. The van der Waals surface area contributed by atoms with Crippen molar-refractivity contribution < 1.29 is 18.3 Å². The summed E-state index contributed by atoms with van der Waals surface area (Å²) in [7, 11) is -3.77. The van der Waals surface area contributed by atoms with E-state index < -0.39 is 21.9 Å². The highest BCUT2D eigenvalue weighted by Crippen LogP contribution is 2.33. The maximum absolute atomic E-state index is 12.9. The average Bonchev–Trinajstić information content (AvgIpc) is 2.54. The van der Waals surface area contributed by atoms with Crippen LogP contribution in [0, 0.1) is 5.92 Å². The van der Waals surface area contributed by atoms with Crippen molar-refractivity contribution in [1.82, 2.24) is 0 Å². The Balaban J connectivity index is 2.11. The predicted octanol–water partition coefficient (Wildman–Crippen LogP) is 2.14. The molecule has 0 amide bonds. The van der Waals surface area contributed by atoms with E-state index in [4.69, 9.17) is 0 Å². The average molecular weight is 317 g/mol. The number of rotatable bonds is 3. The van der Waals surface area contributed by atoms with Crippen molar-refractivity contribution >= 4 is 21.7 Å². The van der Waals surface area contributed by atoms with E-state index >= 15 is 0 Å². The quantitative estimate of drug-likeness (QED) is 0.941. The minimum Gasteiger partial charge on any atom is -0.481 e. The number of aliphatic carboxylic acids is 1. The van der Waals surface area contributed by atoms with E-state index in [-0.39, 0.29) is 11.4 Å². The molecule has 1 unspecified atom stereocenters. The summed E-state index contributed by atoms with van der Waals surface area (Å²) in [5, 5.41) is 9.30. The van der Waals surface area contributed by atoms with Crippen molar-refractivity contribution in [3.63, 3.8) is 0 Å². The Hall–Kier alpha value is -2.34. The number of fused-ring (bicyclic) bond motifs is 1. The largest absolute Gasteiger partial charge is 0.481 e. The number of anilines is 1. The molecule has 0 radical (unpaired) electrons. The van der Waals surface area contributed by atoms with Crippen molar-refractivity contribution in [2.24, 2.45) is 5.92 Å². The first-order valence-corrected chi connectivity index (χ1v) is 8.32. The number of nitrogens with zero attached hydrogens (tertiary/aromatic N) is 1. The van der Waals surface area contributed by atoms with Crippen LogP contribution in [-0.4, -0.2) is 26.0 Å². The fourth-order valence-electron chi connectivity index (χ4n) is 2.67. The van der Waals surface area contributed by atoms with Gasteiger partial charge < -0.3 is 5.11 Å². The summed E-state index contributed by atoms with van der Waals surface area (Å²) in [5.41, 5.74) is 1.30. The molecule has 1 aliphatic heterocycles. The molecule has 0 aromatic heterocycles. The zero-order chi connectivity index (χ0) is 15.7. The Morgan fingerprint density at radius 1 is 1.05 bits per heavy atom. The van der Waals surface area contributed by atoms with Gasteiger partial charge in [0.1, 0.15) is 0 Å². The van der Waals surface area contributed by atoms with Gasteiger partial charge in [-0.1, -0.05) is 36.4 Å². The molecule has 1 heterocycles. The Labute approximate surface area is 128 Å². The molecular formula is C16H15NO4S. The van der Waals surface area contributed by atoms with E-state index in [9.17, 15) is 18.3 Å². The van der Waals surface area contributed by atoms with Gasteiger partial charge in [0.15, 0.2) is 0 Å². The molecule has 22 heavy (non-hydrogen) atoms. The highest BCUT2D eigenvalue weighted by atomic mass is 32.2. The number of sulfonamides is 1. The molecule has 5 nitrogen and oxygen atoms in total. The molecule has 6 heteroatoms. The van der Waals surface area contributed by atoms with Crippen molar-refractivity contribution in [3.8, 4) is 0 Å². The molecule has 0 saturated carbocycles. The maximum Gasteiger partial charge on any atom is 0.308 e. The number of carboxylic acid groups (broad SMARTS) is 1. The first kappa shape index (κ1) is 14.6. The topological polar surface area (TPSA) is 74.7 Å². The molecule has 0 spiro atoms. The fraction of sp³-hybridized carbons (Fsp3) is 0.188. The number of para-hydroxylation sites is 1. The lowest BCUT2D eigenvalue weighted by atomic mass is 9.94. The van der Waals surface area contributed by atoms with E-state index in [2.05, 4.69) is 0 Å². The first-order chi connectivity index (χ1) is 10.5. The number of benzene rings is 2. The summed E-state index contributed by atoms with van der Waals surface area (Å²) >= 11 is 0. The van der Waals surface area contributed by atoms with Gasteiger partial charge in [0, 0.05) is 6.54 Å². The second-order valence-electron chi connectivity index (χ2n) is 5.22. The molecule has 0 aliphatic carbocycles. The molecule has 1 N–H and O–H groups in total. The van der Waals surface area contributed by atoms with Crippen molar-refractivity contribution in [2.75, 3.05) is 10.8 Å². The molecule has 114 valence electrons. The van der Waals surface area contributed by atoms with Gasteiger partial charge in [-0.2, -0.15) is 0 Å².